The van der Waals surface area contributed by atoms with Gasteiger partial charge in [0.2, 0.25) is 0 Å². The van der Waals surface area contributed by atoms with E-state index in [0.29, 0.717) is 52.9 Å². The number of carboxylic acid groups (broad SMARTS) is 2. The second kappa shape index (κ2) is 13.8. The Balaban J connectivity index is 0.000000523. The third-order valence-electron chi connectivity index (χ3n) is 7.98. The van der Waals surface area contributed by atoms with E-state index in [1.807, 2.05) is 38.1 Å². The largest absolute Gasteiger partial charge is 0.495 e. The third kappa shape index (κ3) is 7.41. The minimum Gasteiger partial charge on any atom is -0.495 e. The second-order valence-electron chi connectivity index (χ2n) is 11.6. The predicted molar refractivity (Wildman–Crippen MR) is 177 cm³/mol. The number of nitrogens with zero attached hydrogens (tertiary/aromatic N) is 5. The first-order chi connectivity index (χ1) is 23.2. The van der Waals surface area contributed by atoms with Gasteiger partial charge in [-0.15, -0.1) is 0 Å². The molecule has 15 heteroatoms. The Kier molecular flexibility index (Phi) is 9.75. The summed E-state index contributed by atoms with van der Waals surface area (Å²) < 4.78 is 51.6. The standard InChI is InChI=1S/C30H29F3N6O2.C4H4O4/c1-17-15-38(16-18(2)36-17)26-8-6-21(11-24(26)30(31,32)33)39-28-23-10-19(20-9-22(41-4)13-34-12-20)5-7-25(23)35-14-27(28)37(3)29(39)40;5-3(6)1-2-4(7)8/h5-14,17-18,36H,15-16H2,1-4H3;1-2H,(H,5,6)(H,7,8)/b;2-1-/t17-,18+;. The molecule has 2 atom stereocenters. The number of methoxy groups -OCH3 is 1. The van der Waals surface area contributed by atoms with Gasteiger partial charge in [0.25, 0.3) is 0 Å². The minimum absolute atomic E-state index is 0.0352. The summed E-state index contributed by atoms with van der Waals surface area (Å²) in [7, 11) is 3.15. The number of halogens is 3. The SMILES string of the molecule is COc1cncc(-c2ccc3ncc4c(c3c2)n(-c2ccc(N3C[C@@H](C)N[C@@H](C)C3)c(C(F)(F)F)c2)c(=O)n4C)c1.O=C(O)/C=C\C(=O)O. The predicted octanol–water partition coefficient (Wildman–Crippen LogP) is 4.87. The summed E-state index contributed by atoms with van der Waals surface area (Å²) >= 11 is 0. The lowest BCUT2D eigenvalue weighted by Gasteiger charge is -2.38. The molecular formula is C34H33F3N6O6. The van der Waals surface area contributed by atoms with Crippen LogP contribution >= 0.6 is 0 Å². The van der Waals surface area contributed by atoms with E-state index < -0.39 is 29.4 Å². The molecule has 12 nitrogen and oxygen atoms in total. The van der Waals surface area contributed by atoms with Crippen LogP contribution in [-0.2, 0) is 22.8 Å². The maximum atomic E-state index is 14.5. The molecule has 0 aliphatic carbocycles. The lowest BCUT2D eigenvalue weighted by atomic mass is 10.0. The molecular weight excluding hydrogens is 645 g/mol. The van der Waals surface area contributed by atoms with Gasteiger partial charge in [0.15, 0.2) is 0 Å². The summed E-state index contributed by atoms with van der Waals surface area (Å²) in [4.78, 5) is 43.2. The number of aliphatic carboxylic acids is 2. The van der Waals surface area contributed by atoms with Gasteiger partial charge in [0.1, 0.15) is 5.75 Å². The first-order valence-corrected chi connectivity index (χ1v) is 15.0. The summed E-state index contributed by atoms with van der Waals surface area (Å²) in [6.07, 6.45) is 1.37. The fraction of sp³-hybridized carbons (Fsp3) is 0.265. The number of carboxylic acids is 2. The Bertz CT molecular complexity index is 2120. The van der Waals surface area contributed by atoms with Gasteiger partial charge in [0, 0.05) is 67.2 Å². The van der Waals surface area contributed by atoms with Crippen LogP contribution in [0.15, 0.2) is 78.0 Å². The molecule has 0 radical (unpaired) electrons. The Morgan fingerprint density at radius 3 is 2.24 bits per heavy atom. The normalized spacial score (nSPS) is 16.5. The zero-order valence-corrected chi connectivity index (χ0v) is 26.9. The number of alkyl halides is 3. The quantitative estimate of drug-likeness (QED) is 0.212. The number of piperazine rings is 1. The molecule has 6 rings (SSSR count). The topological polar surface area (TPSA) is 152 Å². The molecule has 4 heterocycles. The number of fused-ring (bicyclic) bond motifs is 3. The molecule has 49 heavy (non-hydrogen) atoms. The van der Waals surface area contributed by atoms with E-state index >= 15 is 0 Å². The van der Waals surface area contributed by atoms with Gasteiger partial charge in [-0.2, -0.15) is 13.2 Å². The lowest BCUT2D eigenvalue weighted by molar-refractivity contribution is -0.137. The van der Waals surface area contributed by atoms with Crippen molar-refractivity contribution >= 4 is 39.6 Å². The Hall–Kier alpha value is -5.70. The Morgan fingerprint density at radius 2 is 1.63 bits per heavy atom. The number of pyridine rings is 2. The maximum Gasteiger partial charge on any atom is 0.418 e. The Labute approximate surface area is 277 Å². The first kappa shape index (κ1) is 34.6. The first-order valence-electron chi connectivity index (χ1n) is 15.0. The highest BCUT2D eigenvalue weighted by atomic mass is 19.4. The van der Waals surface area contributed by atoms with E-state index in [1.165, 1.54) is 15.2 Å². The summed E-state index contributed by atoms with van der Waals surface area (Å²) in [5.41, 5.74) is 2.17. The Morgan fingerprint density at radius 1 is 0.959 bits per heavy atom. The summed E-state index contributed by atoms with van der Waals surface area (Å²) in [6, 6.07) is 11.6. The number of hydrogen-bond donors (Lipinski definition) is 3. The maximum absolute atomic E-state index is 14.5. The van der Waals surface area contributed by atoms with Gasteiger partial charge in [0.05, 0.1) is 47.3 Å². The number of rotatable bonds is 6. The van der Waals surface area contributed by atoms with E-state index in [2.05, 4.69) is 15.3 Å². The molecule has 3 N–H and O–H groups in total. The number of imidazole rings is 1. The van der Waals surface area contributed by atoms with E-state index in [-0.39, 0.29) is 23.5 Å². The van der Waals surface area contributed by atoms with E-state index in [4.69, 9.17) is 14.9 Å². The van der Waals surface area contributed by atoms with Crippen LogP contribution in [0.25, 0.3) is 38.8 Å². The average Bonchev–Trinajstić information content (AvgIpc) is 3.32. The number of nitrogens with one attached hydrogen (secondary N) is 1. The van der Waals surface area contributed by atoms with Crippen molar-refractivity contribution in [3.8, 4) is 22.6 Å². The molecule has 1 aliphatic heterocycles. The van der Waals surface area contributed by atoms with Crippen molar-refractivity contribution in [2.24, 2.45) is 7.05 Å². The van der Waals surface area contributed by atoms with Crippen LogP contribution in [-0.4, -0.2) is 73.5 Å². The van der Waals surface area contributed by atoms with Gasteiger partial charge in [-0.1, -0.05) is 6.07 Å². The van der Waals surface area contributed by atoms with Gasteiger partial charge >= 0.3 is 23.8 Å². The molecule has 0 spiro atoms. The number of aromatic nitrogens is 4. The van der Waals surface area contributed by atoms with Gasteiger partial charge in [-0.05, 0) is 55.8 Å². The van der Waals surface area contributed by atoms with E-state index in [0.717, 1.165) is 17.2 Å². The number of aryl methyl sites for hydroxylation is 1. The van der Waals surface area contributed by atoms with Crippen molar-refractivity contribution in [2.75, 3.05) is 25.1 Å². The van der Waals surface area contributed by atoms with Crippen molar-refractivity contribution in [1.82, 2.24) is 24.4 Å². The molecule has 0 bridgehead atoms. The summed E-state index contributed by atoms with van der Waals surface area (Å²) in [5, 5.41) is 19.6. The zero-order valence-electron chi connectivity index (χ0n) is 26.9. The van der Waals surface area contributed by atoms with E-state index in [9.17, 15) is 27.6 Å². The van der Waals surface area contributed by atoms with Crippen LogP contribution in [0.4, 0.5) is 18.9 Å². The molecule has 1 aliphatic rings. The van der Waals surface area contributed by atoms with Crippen LogP contribution in [0.1, 0.15) is 19.4 Å². The van der Waals surface area contributed by atoms with Crippen LogP contribution in [0.3, 0.4) is 0 Å². The molecule has 0 amide bonds. The average molecular weight is 679 g/mol. The van der Waals surface area contributed by atoms with Crippen molar-refractivity contribution in [2.45, 2.75) is 32.1 Å². The molecule has 0 unspecified atom stereocenters. The van der Waals surface area contributed by atoms with Gasteiger partial charge in [-0.3, -0.25) is 19.1 Å². The fourth-order valence-corrected chi connectivity index (χ4v) is 5.94. The van der Waals surface area contributed by atoms with Crippen LogP contribution in [0.5, 0.6) is 5.75 Å². The van der Waals surface area contributed by atoms with Crippen molar-refractivity contribution in [3.63, 3.8) is 0 Å². The van der Waals surface area contributed by atoms with Crippen LogP contribution in [0, 0.1) is 0 Å². The molecule has 3 aromatic heterocycles. The summed E-state index contributed by atoms with van der Waals surface area (Å²) in [5.74, 6) is -1.93. The second-order valence-corrected chi connectivity index (χ2v) is 11.6. The number of carbonyl (C=O) groups is 2. The number of hydrogen-bond acceptors (Lipinski definition) is 8. The molecule has 2 aromatic carbocycles. The van der Waals surface area contributed by atoms with Crippen molar-refractivity contribution in [1.29, 1.82) is 0 Å². The van der Waals surface area contributed by atoms with Gasteiger partial charge in [-0.25, -0.2) is 14.4 Å². The molecule has 5 aromatic rings. The molecule has 1 fully saturated rings. The van der Waals surface area contributed by atoms with Crippen LogP contribution < -0.4 is 20.6 Å². The number of ether oxygens (including phenoxy) is 1. The molecule has 0 saturated carbocycles. The molecule has 1 saturated heterocycles. The molecule has 256 valence electrons. The van der Waals surface area contributed by atoms with Crippen molar-refractivity contribution < 1.29 is 37.7 Å². The number of benzene rings is 2. The zero-order chi connectivity index (χ0) is 35.6. The van der Waals surface area contributed by atoms with Crippen LogP contribution in [0.2, 0.25) is 0 Å². The van der Waals surface area contributed by atoms with Crippen molar-refractivity contribution in [3.05, 3.63) is 89.3 Å². The lowest BCUT2D eigenvalue weighted by Crippen LogP contribution is -2.54. The monoisotopic (exact) mass is 678 g/mol. The smallest absolute Gasteiger partial charge is 0.418 e. The van der Waals surface area contributed by atoms with E-state index in [1.54, 1.807) is 43.7 Å². The third-order valence-corrected chi connectivity index (χ3v) is 7.98. The summed E-state index contributed by atoms with van der Waals surface area (Å²) in [6.45, 7) is 4.79. The highest BCUT2D eigenvalue weighted by Crippen LogP contribution is 2.39. The highest BCUT2D eigenvalue weighted by Gasteiger charge is 2.37. The highest BCUT2D eigenvalue weighted by molar-refractivity contribution is 6.04. The fourth-order valence-electron chi connectivity index (χ4n) is 5.94. The minimum atomic E-state index is -4.62. The van der Waals surface area contributed by atoms with Gasteiger partial charge < -0.3 is 25.2 Å². The number of anilines is 1.